The number of likely N-dealkylation sites (tertiary alicyclic amines) is 1. The lowest BCUT2D eigenvalue weighted by atomic mass is 10.0. The van der Waals surface area contributed by atoms with Gasteiger partial charge in [-0.2, -0.15) is 4.98 Å². The number of allylic oxidation sites excluding steroid dienone is 1. The summed E-state index contributed by atoms with van der Waals surface area (Å²) in [6.45, 7) is 13.4. The van der Waals surface area contributed by atoms with Crippen LogP contribution < -0.4 is 20.3 Å². The number of benzene rings is 1. The number of ether oxygens (including phenoxy) is 2. The first-order chi connectivity index (χ1) is 19.2. The van der Waals surface area contributed by atoms with Crippen molar-refractivity contribution in [2.75, 3.05) is 52.8 Å². The molecule has 0 aliphatic carbocycles. The molecule has 1 aliphatic rings. The van der Waals surface area contributed by atoms with Crippen molar-refractivity contribution in [1.29, 1.82) is 0 Å². The molecular weight excluding hydrogens is 551 g/mol. The molecule has 0 radical (unpaired) electrons. The Bertz CT molecular complexity index is 1440. The van der Waals surface area contributed by atoms with Gasteiger partial charge in [0.15, 0.2) is 0 Å². The molecule has 0 atom stereocenters. The van der Waals surface area contributed by atoms with Crippen molar-refractivity contribution in [1.82, 2.24) is 24.3 Å². The first-order valence-corrected chi connectivity index (χ1v) is 14.0. The van der Waals surface area contributed by atoms with Crippen LogP contribution in [0.5, 0.6) is 11.5 Å². The SMILES string of the molecule is C=CC(=C)N1CCC(N(C)CCn2c(=O)c(-c3c(Cl)c(OC)cc(OC)c3Cl)cc3cnc(NCC)nc32)CC1. The zero-order valence-electron chi connectivity index (χ0n) is 23.5. The summed E-state index contributed by atoms with van der Waals surface area (Å²) in [7, 11) is 5.10. The van der Waals surface area contributed by atoms with Crippen molar-refractivity contribution in [3.63, 3.8) is 0 Å². The molecule has 1 aliphatic heterocycles. The number of rotatable bonds is 11. The largest absolute Gasteiger partial charge is 0.495 e. The number of nitrogens with zero attached hydrogens (tertiary/aromatic N) is 5. The topological polar surface area (TPSA) is 84.8 Å². The maximum atomic E-state index is 14.1. The molecule has 214 valence electrons. The summed E-state index contributed by atoms with van der Waals surface area (Å²) in [5.41, 5.74) is 1.89. The van der Waals surface area contributed by atoms with Gasteiger partial charge in [0.25, 0.3) is 5.56 Å². The summed E-state index contributed by atoms with van der Waals surface area (Å²) in [6, 6.07) is 3.71. The average molecular weight is 588 g/mol. The van der Waals surface area contributed by atoms with Gasteiger partial charge in [0, 0.05) is 67.7 Å². The third-order valence-electron chi connectivity index (χ3n) is 7.41. The number of aromatic nitrogens is 3. The van der Waals surface area contributed by atoms with Gasteiger partial charge >= 0.3 is 0 Å². The molecule has 1 saturated heterocycles. The fourth-order valence-corrected chi connectivity index (χ4v) is 5.78. The van der Waals surface area contributed by atoms with E-state index in [1.165, 1.54) is 14.2 Å². The molecule has 1 N–H and O–H groups in total. The molecule has 0 bridgehead atoms. The second-order valence-electron chi connectivity index (χ2n) is 9.70. The average Bonchev–Trinajstić information content (AvgIpc) is 2.97. The number of fused-ring (bicyclic) bond motifs is 1. The number of methoxy groups -OCH3 is 2. The number of pyridine rings is 1. The first-order valence-electron chi connectivity index (χ1n) is 13.2. The third-order valence-corrected chi connectivity index (χ3v) is 8.16. The van der Waals surface area contributed by atoms with Crippen LogP contribution in [0.3, 0.4) is 0 Å². The molecule has 9 nitrogen and oxygen atoms in total. The summed E-state index contributed by atoms with van der Waals surface area (Å²) in [5.74, 6) is 1.17. The molecule has 0 unspecified atom stereocenters. The lowest BCUT2D eigenvalue weighted by molar-refractivity contribution is 0.147. The van der Waals surface area contributed by atoms with Crippen LogP contribution in [-0.2, 0) is 6.54 Å². The second kappa shape index (κ2) is 12.9. The Hall–Kier alpha value is -3.27. The van der Waals surface area contributed by atoms with Crippen molar-refractivity contribution >= 4 is 40.2 Å². The van der Waals surface area contributed by atoms with E-state index in [4.69, 9.17) is 32.7 Å². The van der Waals surface area contributed by atoms with Gasteiger partial charge in [-0.05, 0) is 39.0 Å². The van der Waals surface area contributed by atoms with Crippen molar-refractivity contribution in [3.05, 3.63) is 63.7 Å². The fraction of sp³-hybridized carbons (Fsp3) is 0.414. The highest BCUT2D eigenvalue weighted by Gasteiger charge is 2.25. The molecule has 11 heteroatoms. The fourth-order valence-electron chi connectivity index (χ4n) is 5.07. The van der Waals surface area contributed by atoms with Crippen molar-refractivity contribution in [2.45, 2.75) is 32.4 Å². The van der Waals surface area contributed by atoms with E-state index in [2.05, 4.69) is 45.3 Å². The summed E-state index contributed by atoms with van der Waals surface area (Å²) >= 11 is 13.4. The summed E-state index contributed by atoms with van der Waals surface area (Å²) in [5, 5.41) is 4.27. The molecule has 1 fully saturated rings. The zero-order valence-corrected chi connectivity index (χ0v) is 25.0. The Labute approximate surface area is 245 Å². The van der Waals surface area contributed by atoms with Gasteiger partial charge < -0.3 is 24.6 Å². The van der Waals surface area contributed by atoms with E-state index in [9.17, 15) is 4.79 Å². The zero-order chi connectivity index (χ0) is 29.0. The van der Waals surface area contributed by atoms with Crippen LogP contribution in [0.25, 0.3) is 22.2 Å². The lowest BCUT2D eigenvalue weighted by Gasteiger charge is -2.38. The van der Waals surface area contributed by atoms with Crippen LogP contribution in [-0.4, -0.2) is 77.8 Å². The molecule has 3 heterocycles. The predicted octanol–water partition coefficient (Wildman–Crippen LogP) is 5.31. The minimum Gasteiger partial charge on any atom is -0.495 e. The Kier molecular flexibility index (Phi) is 9.60. The summed E-state index contributed by atoms with van der Waals surface area (Å²) in [6.07, 6.45) is 5.50. The monoisotopic (exact) mass is 586 g/mol. The smallest absolute Gasteiger partial charge is 0.260 e. The van der Waals surface area contributed by atoms with Crippen LogP contribution in [0.15, 0.2) is 48.1 Å². The molecular formula is C29H36Cl2N6O3. The molecule has 2 aromatic heterocycles. The van der Waals surface area contributed by atoms with E-state index in [1.54, 1.807) is 29.0 Å². The maximum absolute atomic E-state index is 14.1. The number of hydrogen-bond donors (Lipinski definition) is 1. The predicted molar refractivity (Wildman–Crippen MR) is 163 cm³/mol. The number of piperidine rings is 1. The molecule has 0 spiro atoms. The normalized spacial score (nSPS) is 14.0. The minimum atomic E-state index is -0.266. The van der Waals surface area contributed by atoms with Gasteiger partial charge in [-0.15, -0.1) is 0 Å². The van der Waals surface area contributed by atoms with E-state index in [0.717, 1.165) is 31.6 Å². The molecule has 40 heavy (non-hydrogen) atoms. The van der Waals surface area contributed by atoms with Crippen molar-refractivity contribution in [2.24, 2.45) is 0 Å². The van der Waals surface area contributed by atoms with E-state index in [1.807, 2.05) is 6.92 Å². The Morgan fingerprint density at radius 1 is 1.20 bits per heavy atom. The third kappa shape index (κ3) is 5.92. The molecule has 1 aromatic carbocycles. The van der Waals surface area contributed by atoms with Crippen LogP contribution in [0.2, 0.25) is 10.0 Å². The number of nitrogens with one attached hydrogen (secondary N) is 1. The molecule has 4 rings (SSSR count). The Balaban J connectivity index is 1.75. The number of likely N-dealkylation sites (N-methyl/N-ethyl adjacent to an activating group) is 1. The van der Waals surface area contributed by atoms with Crippen LogP contribution in [0.1, 0.15) is 19.8 Å². The van der Waals surface area contributed by atoms with Gasteiger partial charge in [0.2, 0.25) is 5.95 Å². The van der Waals surface area contributed by atoms with Gasteiger partial charge in [-0.3, -0.25) is 9.36 Å². The van der Waals surface area contributed by atoms with E-state index in [0.29, 0.717) is 65.3 Å². The Morgan fingerprint density at radius 2 is 1.85 bits per heavy atom. The quantitative estimate of drug-likeness (QED) is 0.302. The maximum Gasteiger partial charge on any atom is 0.260 e. The van der Waals surface area contributed by atoms with Gasteiger partial charge in [0.05, 0.1) is 29.8 Å². The van der Waals surface area contributed by atoms with Crippen LogP contribution in [0, 0.1) is 0 Å². The highest BCUT2D eigenvalue weighted by atomic mass is 35.5. The van der Waals surface area contributed by atoms with E-state index >= 15 is 0 Å². The van der Waals surface area contributed by atoms with E-state index in [-0.39, 0.29) is 15.6 Å². The van der Waals surface area contributed by atoms with Crippen LogP contribution in [0.4, 0.5) is 5.95 Å². The number of halogens is 2. The van der Waals surface area contributed by atoms with Crippen molar-refractivity contribution in [3.8, 4) is 22.6 Å². The minimum absolute atomic E-state index is 0.228. The summed E-state index contributed by atoms with van der Waals surface area (Å²) < 4.78 is 12.6. The highest BCUT2D eigenvalue weighted by Crippen LogP contribution is 2.45. The van der Waals surface area contributed by atoms with E-state index < -0.39 is 0 Å². The second-order valence-corrected chi connectivity index (χ2v) is 10.5. The van der Waals surface area contributed by atoms with Crippen LogP contribution >= 0.6 is 23.2 Å². The highest BCUT2D eigenvalue weighted by molar-refractivity contribution is 6.41. The van der Waals surface area contributed by atoms with Crippen molar-refractivity contribution < 1.29 is 9.47 Å². The molecule has 0 saturated carbocycles. The standard InChI is InChI=1S/C29H36Cl2N6O3/c1-7-18(3)36-11-9-20(10-12-36)35(4)13-14-37-27-19(17-33-29(34-27)32-8-2)15-21(28(37)38)24-25(30)22(39-5)16-23(40-6)26(24)31/h7,15-17,20H,1,3,8-14H2,2,4-6H3,(H,32,33,34). The molecule has 0 amide bonds. The lowest BCUT2D eigenvalue weighted by Crippen LogP contribution is -2.44. The number of hydrogen-bond acceptors (Lipinski definition) is 8. The number of anilines is 1. The molecule has 3 aromatic rings. The van der Waals surface area contributed by atoms with Gasteiger partial charge in [-0.1, -0.05) is 36.4 Å². The summed E-state index contributed by atoms with van der Waals surface area (Å²) in [4.78, 5) is 27.8. The van der Waals surface area contributed by atoms with Gasteiger partial charge in [-0.25, -0.2) is 4.98 Å². The Morgan fingerprint density at radius 3 is 2.42 bits per heavy atom. The van der Waals surface area contributed by atoms with Gasteiger partial charge in [0.1, 0.15) is 17.1 Å². The first kappa shape index (κ1) is 29.7.